The molecule has 0 aliphatic rings. The van der Waals surface area contributed by atoms with Crippen molar-refractivity contribution in [3.63, 3.8) is 0 Å². The van der Waals surface area contributed by atoms with Crippen LogP contribution >= 0.6 is 11.6 Å². The van der Waals surface area contributed by atoms with Crippen molar-refractivity contribution < 1.29 is 14.2 Å². The van der Waals surface area contributed by atoms with Gasteiger partial charge in [-0.05, 0) is 30.7 Å². The van der Waals surface area contributed by atoms with Crippen LogP contribution in [0.4, 0.5) is 4.39 Å². The summed E-state index contributed by atoms with van der Waals surface area (Å²) in [6, 6.07) is 9.52. The standard InChI is InChI=1S/C15H14ClFO2/c1-9-3-5-13(17)11(7-9)15(18)10-4-6-14(19-2)12(16)8-10/h3-8,15,18H,1-2H3. The zero-order valence-corrected chi connectivity index (χ0v) is 11.4. The number of hydrogen-bond donors (Lipinski definition) is 1. The topological polar surface area (TPSA) is 29.5 Å². The molecule has 100 valence electrons. The number of aliphatic hydroxyl groups excluding tert-OH is 1. The molecular weight excluding hydrogens is 267 g/mol. The van der Waals surface area contributed by atoms with Crippen LogP contribution in [0, 0.1) is 12.7 Å². The van der Waals surface area contributed by atoms with Gasteiger partial charge in [0.15, 0.2) is 0 Å². The second kappa shape index (κ2) is 5.59. The van der Waals surface area contributed by atoms with Crippen LogP contribution < -0.4 is 4.74 Å². The van der Waals surface area contributed by atoms with Gasteiger partial charge in [-0.15, -0.1) is 0 Å². The Morgan fingerprint density at radius 1 is 1.21 bits per heavy atom. The highest BCUT2D eigenvalue weighted by molar-refractivity contribution is 6.32. The quantitative estimate of drug-likeness (QED) is 0.924. The Kier molecular flexibility index (Phi) is 4.08. The van der Waals surface area contributed by atoms with Gasteiger partial charge in [0.05, 0.1) is 12.1 Å². The van der Waals surface area contributed by atoms with Gasteiger partial charge in [-0.1, -0.05) is 35.4 Å². The minimum Gasteiger partial charge on any atom is -0.495 e. The van der Waals surface area contributed by atoms with Crippen LogP contribution in [0.3, 0.4) is 0 Å². The fraction of sp³-hybridized carbons (Fsp3) is 0.200. The fourth-order valence-electron chi connectivity index (χ4n) is 1.90. The first-order chi connectivity index (χ1) is 9.02. The van der Waals surface area contributed by atoms with Gasteiger partial charge in [0.25, 0.3) is 0 Å². The fourth-order valence-corrected chi connectivity index (χ4v) is 2.17. The van der Waals surface area contributed by atoms with E-state index < -0.39 is 11.9 Å². The van der Waals surface area contributed by atoms with E-state index in [0.29, 0.717) is 16.3 Å². The Labute approximate surface area is 116 Å². The number of aryl methyl sites for hydroxylation is 1. The third kappa shape index (κ3) is 2.88. The first kappa shape index (κ1) is 13.8. The van der Waals surface area contributed by atoms with Crippen molar-refractivity contribution in [2.75, 3.05) is 7.11 Å². The smallest absolute Gasteiger partial charge is 0.137 e. The normalized spacial score (nSPS) is 12.3. The summed E-state index contributed by atoms with van der Waals surface area (Å²) < 4.78 is 18.8. The first-order valence-electron chi connectivity index (χ1n) is 5.80. The summed E-state index contributed by atoms with van der Waals surface area (Å²) in [7, 11) is 1.51. The predicted molar refractivity (Wildman–Crippen MR) is 73.2 cm³/mol. The predicted octanol–water partition coefficient (Wildman–Crippen LogP) is 3.88. The van der Waals surface area contributed by atoms with E-state index in [2.05, 4.69) is 0 Å². The highest BCUT2D eigenvalue weighted by Gasteiger charge is 2.16. The summed E-state index contributed by atoms with van der Waals surface area (Å²) in [4.78, 5) is 0. The van der Waals surface area contributed by atoms with Crippen LogP contribution in [-0.2, 0) is 0 Å². The van der Waals surface area contributed by atoms with Crippen molar-refractivity contribution in [3.05, 3.63) is 63.9 Å². The third-order valence-electron chi connectivity index (χ3n) is 2.94. The molecule has 1 N–H and O–H groups in total. The van der Waals surface area contributed by atoms with E-state index in [1.54, 1.807) is 30.3 Å². The number of methoxy groups -OCH3 is 1. The molecule has 0 amide bonds. The highest BCUT2D eigenvalue weighted by Crippen LogP contribution is 2.31. The molecule has 0 saturated carbocycles. The van der Waals surface area contributed by atoms with Gasteiger partial charge in [-0.25, -0.2) is 4.39 Å². The van der Waals surface area contributed by atoms with Crippen molar-refractivity contribution in [2.24, 2.45) is 0 Å². The summed E-state index contributed by atoms with van der Waals surface area (Å²) >= 11 is 6.00. The number of aliphatic hydroxyl groups is 1. The Bertz CT molecular complexity index is 599. The molecule has 2 rings (SSSR count). The van der Waals surface area contributed by atoms with Crippen LogP contribution in [0.5, 0.6) is 5.75 Å². The maximum Gasteiger partial charge on any atom is 0.137 e. The number of rotatable bonds is 3. The molecule has 2 nitrogen and oxygen atoms in total. The average molecular weight is 281 g/mol. The molecule has 1 atom stereocenters. The van der Waals surface area contributed by atoms with Crippen LogP contribution in [0.1, 0.15) is 22.8 Å². The summed E-state index contributed by atoms with van der Waals surface area (Å²) in [6.07, 6.45) is -1.05. The average Bonchev–Trinajstić information content (AvgIpc) is 2.40. The van der Waals surface area contributed by atoms with Crippen molar-refractivity contribution in [3.8, 4) is 5.75 Å². The number of hydrogen-bond acceptors (Lipinski definition) is 2. The Morgan fingerprint density at radius 3 is 2.58 bits per heavy atom. The molecule has 0 radical (unpaired) electrons. The minimum atomic E-state index is -1.05. The van der Waals surface area contributed by atoms with E-state index in [1.165, 1.54) is 13.2 Å². The van der Waals surface area contributed by atoms with Crippen LogP contribution in [0.25, 0.3) is 0 Å². The van der Waals surface area contributed by atoms with E-state index in [9.17, 15) is 9.50 Å². The lowest BCUT2D eigenvalue weighted by Crippen LogP contribution is -2.03. The zero-order chi connectivity index (χ0) is 14.0. The SMILES string of the molecule is COc1ccc(C(O)c2cc(C)ccc2F)cc1Cl. The lowest BCUT2D eigenvalue weighted by atomic mass is 9.99. The van der Waals surface area contributed by atoms with E-state index in [4.69, 9.17) is 16.3 Å². The first-order valence-corrected chi connectivity index (χ1v) is 6.18. The molecule has 0 saturated heterocycles. The molecule has 2 aromatic carbocycles. The second-order valence-electron chi connectivity index (χ2n) is 4.32. The van der Waals surface area contributed by atoms with Crippen molar-refractivity contribution >= 4 is 11.6 Å². The second-order valence-corrected chi connectivity index (χ2v) is 4.73. The summed E-state index contributed by atoms with van der Waals surface area (Å²) in [6.45, 7) is 1.84. The van der Waals surface area contributed by atoms with E-state index in [-0.39, 0.29) is 5.56 Å². The van der Waals surface area contributed by atoms with Crippen molar-refractivity contribution in [1.29, 1.82) is 0 Å². The summed E-state index contributed by atoms with van der Waals surface area (Å²) in [5.74, 6) is 0.0763. The van der Waals surface area contributed by atoms with Gasteiger partial charge < -0.3 is 9.84 Å². The molecule has 0 aliphatic heterocycles. The Balaban J connectivity index is 2.41. The lowest BCUT2D eigenvalue weighted by Gasteiger charge is -2.14. The maximum atomic E-state index is 13.7. The molecule has 0 aromatic heterocycles. The molecule has 0 aliphatic carbocycles. The van der Waals surface area contributed by atoms with Gasteiger partial charge in [-0.2, -0.15) is 0 Å². The van der Waals surface area contributed by atoms with E-state index in [0.717, 1.165) is 5.56 Å². The zero-order valence-electron chi connectivity index (χ0n) is 10.7. The van der Waals surface area contributed by atoms with E-state index >= 15 is 0 Å². The minimum absolute atomic E-state index is 0.237. The van der Waals surface area contributed by atoms with E-state index in [1.807, 2.05) is 6.92 Å². The number of benzene rings is 2. The third-order valence-corrected chi connectivity index (χ3v) is 3.23. The van der Waals surface area contributed by atoms with Gasteiger partial charge >= 0.3 is 0 Å². The molecular formula is C15H14ClFO2. The van der Waals surface area contributed by atoms with Crippen molar-refractivity contribution in [2.45, 2.75) is 13.0 Å². The maximum absolute atomic E-state index is 13.7. The van der Waals surface area contributed by atoms with Crippen LogP contribution in [-0.4, -0.2) is 12.2 Å². The van der Waals surface area contributed by atoms with Gasteiger partial charge in [-0.3, -0.25) is 0 Å². The summed E-state index contributed by atoms with van der Waals surface area (Å²) in [5, 5.41) is 10.6. The Morgan fingerprint density at radius 2 is 1.95 bits per heavy atom. The van der Waals surface area contributed by atoms with Gasteiger partial charge in [0.2, 0.25) is 0 Å². The molecule has 1 unspecified atom stereocenters. The largest absolute Gasteiger partial charge is 0.495 e. The summed E-state index contributed by atoms with van der Waals surface area (Å²) in [5.41, 5.74) is 1.64. The monoisotopic (exact) mass is 280 g/mol. The van der Waals surface area contributed by atoms with Crippen molar-refractivity contribution in [1.82, 2.24) is 0 Å². The highest BCUT2D eigenvalue weighted by atomic mass is 35.5. The molecule has 0 spiro atoms. The number of halogens is 2. The van der Waals surface area contributed by atoms with Crippen LogP contribution in [0.15, 0.2) is 36.4 Å². The molecule has 4 heteroatoms. The molecule has 0 bridgehead atoms. The molecule has 19 heavy (non-hydrogen) atoms. The molecule has 0 heterocycles. The van der Waals surface area contributed by atoms with Gasteiger partial charge in [0, 0.05) is 5.56 Å². The van der Waals surface area contributed by atoms with Gasteiger partial charge in [0.1, 0.15) is 17.7 Å². The number of ether oxygens (including phenoxy) is 1. The Hall–Kier alpha value is -1.58. The van der Waals surface area contributed by atoms with Crippen LogP contribution in [0.2, 0.25) is 5.02 Å². The molecule has 2 aromatic rings. The lowest BCUT2D eigenvalue weighted by molar-refractivity contribution is 0.215. The molecule has 0 fully saturated rings.